The number of anilines is 1. The van der Waals surface area contributed by atoms with Crippen molar-refractivity contribution in [2.24, 2.45) is 0 Å². The number of aromatic nitrogens is 1. The van der Waals surface area contributed by atoms with Crippen molar-refractivity contribution in [3.63, 3.8) is 0 Å². The third-order valence-corrected chi connectivity index (χ3v) is 3.65. The van der Waals surface area contributed by atoms with Crippen LogP contribution in [0.5, 0.6) is 5.75 Å². The molecule has 0 fully saturated rings. The van der Waals surface area contributed by atoms with Gasteiger partial charge in [-0.05, 0) is 47.3 Å². The molecule has 1 amide bonds. The van der Waals surface area contributed by atoms with Crippen LogP contribution < -0.4 is 10.1 Å². The molecule has 0 unspecified atom stereocenters. The van der Waals surface area contributed by atoms with E-state index in [4.69, 9.17) is 16.3 Å². The SMILES string of the molecule is COc1ccc(Cl)cc1NC(=O)Cc1ccc2[nH]ccc2c1. The van der Waals surface area contributed by atoms with Gasteiger partial charge in [-0.1, -0.05) is 17.7 Å². The van der Waals surface area contributed by atoms with E-state index in [1.54, 1.807) is 25.3 Å². The van der Waals surface area contributed by atoms with Crippen LogP contribution in [0.2, 0.25) is 5.02 Å². The smallest absolute Gasteiger partial charge is 0.228 e. The van der Waals surface area contributed by atoms with Gasteiger partial charge in [-0.3, -0.25) is 4.79 Å². The maximum atomic E-state index is 12.2. The fraction of sp³-hybridized carbons (Fsp3) is 0.118. The largest absolute Gasteiger partial charge is 0.495 e. The molecule has 1 heterocycles. The van der Waals surface area contributed by atoms with E-state index in [1.807, 2.05) is 30.5 Å². The minimum absolute atomic E-state index is 0.115. The molecule has 2 N–H and O–H groups in total. The number of rotatable bonds is 4. The lowest BCUT2D eigenvalue weighted by Gasteiger charge is -2.10. The number of amides is 1. The van der Waals surface area contributed by atoms with Crippen molar-refractivity contribution < 1.29 is 9.53 Å². The normalized spacial score (nSPS) is 10.6. The van der Waals surface area contributed by atoms with Gasteiger partial charge in [0, 0.05) is 16.7 Å². The predicted octanol–water partition coefficient (Wildman–Crippen LogP) is 4.01. The quantitative estimate of drug-likeness (QED) is 0.764. The zero-order chi connectivity index (χ0) is 15.5. The topological polar surface area (TPSA) is 54.1 Å². The first-order valence-electron chi connectivity index (χ1n) is 6.85. The monoisotopic (exact) mass is 314 g/mol. The fourth-order valence-corrected chi connectivity index (χ4v) is 2.54. The molecule has 3 aromatic rings. The van der Waals surface area contributed by atoms with Gasteiger partial charge < -0.3 is 15.0 Å². The summed E-state index contributed by atoms with van der Waals surface area (Å²) in [6.07, 6.45) is 2.17. The van der Waals surface area contributed by atoms with Gasteiger partial charge in [0.05, 0.1) is 19.2 Å². The van der Waals surface area contributed by atoms with Gasteiger partial charge in [0.1, 0.15) is 5.75 Å². The number of carbonyl (C=O) groups excluding carboxylic acids is 1. The Labute approximate surface area is 133 Å². The van der Waals surface area contributed by atoms with E-state index >= 15 is 0 Å². The molecule has 22 heavy (non-hydrogen) atoms. The van der Waals surface area contributed by atoms with E-state index in [0.29, 0.717) is 16.5 Å². The number of nitrogens with one attached hydrogen (secondary N) is 2. The third kappa shape index (κ3) is 3.07. The van der Waals surface area contributed by atoms with E-state index in [9.17, 15) is 4.79 Å². The summed E-state index contributed by atoms with van der Waals surface area (Å²) in [6, 6.07) is 13.0. The van der Waals surface area contributed by atoms with Crippen molar-refractivity contribution in [3.8, 4) is 5.75 Å². The molecule has 4 nitrogen and oxygen atoms in total. The molecule has 0 saturated heterocycles. The Morgan fingerprint density at radius 2 is 2.09 bits per heavy atom. The van der Waals surface area contributed by atoms with Crippen LogP contribution in [-0.2, 0) is 11.2 Å². The molecule has 0 bridgehead atoms. The van der Waals surface area contributed by atoms with Crippen molar-refractivity contribution >= 4 is 34.1 Å². The summed E-state index contributed by atoms with van der Waals surface area (Å²) < 4.78 is 5.22. The Balaban J connectivity index is 1.76. The zero-order valence-electron chi connectivity index (χ0n) is 12.0. The van der Waals surface area contributed by atoms with Crippen LogP contribution in [-0.4, -0.2) is 18.0 Å². The summed E-state index contributed by atoms with van der Waals surface area (Å²) in [6.45, 7) is 0. The van der Waals surface area contributed by atoms with Crippen molar-refractivity contribution in [2.45, 2.75) is 6.42 Å². The lowest BCUT2D eigenvalue weighted by atomic mass is 10.1. The highest BCUT2D eigenvalue weighted by molar-refractivity contribution is 6.31. The van der Waals surface area contributed by atoms with Crippen LogP contribution in [0.25, 0.3) is 10.9 Å². The summed E-state index contributed by atoms with van der Waals surface area (Å²) in [5, 5.41) is 4.47. The van der Waals surface area contributed by atoms with Crippen LogP contribution >= 0.6 is 11.6 Å². The number of aromatic amines is 1. The molecule has 0 radical (unpaired) electrons. The number of methoxy groups -OCH3 is 1. The minimum atomic E-state index is -0.115. The fourth-order valence-electron chi connectivity index (χ4n) is 2.37. The second-order valence-corrected chi connectivity index (χ2v) is 5.41. The average Bonchev–Trinajstić information content (AvgIpc) is 2.95. The second-order valence-electron chi connectivity index (χ2n) is 4.97. The van der Waals surface area contributed by atoms with Crippen LogP contribution in [0.15, 0.2) is 48.7 Å². The first kappa shape index (κ1) is 14.5. The molecule has 0 atom stereocenters. The number of hydrogen-bond donors (Lipinski definition) is 2. The second kappa shape index (κ2) is 6.12. The number of fused-ring (bicyclic) bond motifs is 1. The molecule has 1 aromatic heterocycles. The van der Waals surface area contributed by atoms with Crippen molar-refractivity contribution in [1.82, 2.24) is 4.98 Å². The molecule has 0 aliphatic carbocycles. The Kier molecular flexibility index (Phi) is 4.02. The van der Waals surface area contributed by atoms with Gasteiger partial charge in [-0.2, -0.15) is 0 Å². The number of halogens is 1. The molecule has 0 aliphatic rings. The highest BCUT2D eigenvalue weighted by Crippen LogP contribution is 2.27. The highest BCUT2D eigenvalue weighted by atomic mass is 35.5. The van der Waals surface area contributed by atoms with Gasteiger partial charge in [-0.25, -0.2) is 0 Å². The number of carbonyl (C=O) groups is 1. The Hall–Kier alpha value is -2.46. The molecule has 0 saturated carbocycles. The average molecular weight is 315 g/mol. The Bertz CT molecular complexity index is 826. The van der Waals surface area contributed by atoms with Gasteiger partial charge >= 0.3 is 0 Å². The lowest BCUT2D eigenvalue weighted by Crippen LogP contribution is -2.15. The van der Waals surface area contributed by atoms with Gasteiger partial charge in [0.25, 0.3) is 0 Å². The van der Waals surface area contributed by atoms with Crippen LogP contribution in [0.4, 0.5) is 5.69 Å². The van der Waals surface area contributed by atoms with E-state index in [2.05, 4.69) is 10.3 Å². The van der Waals surface area contributed by atoms with E-state index in [-0.39, 0.29) is 12.3 Å². The van der Waals surface area contributed by atoms with Crippen LogP contribution in [0.1, 0.15) is 5.56 Å². The number of H-pyrrole nitrogens is 1. The standard InChI is InChI=1S/C17H15ClN2O2/c1-22-16-5-3-13(18)10-15(16)20-17(21)9-11-2-4-14-12(8-11)6-7-19-14/h2-8,10,19H,9H2,1H3,(H,20,21). The third-order valence-electron chi connectivity index (χ3n) is 3.42. The van der Waals surface area contributed by atoms with Crippen LogP contribution in [0, 0.1) is 0 Å². The summed E-state index contributed by atoms with van der Waals surface area (Å²) >= 11 is 5.96. The Morgan fingerprint density at radius 1 is 1.23 bits per heavy atom. The van der Waals surface area contributed by atoms with Crippen LogP contribution in [0.3, 0.4) is 0 Å². The summed E-state index contributed by atoms with van der Waals surface area (Å²) in [4.78, 5) is 15.3. The molecule has 3 rings (SSSR count). The molecule has 0 spiro atoms. The molecule has 0 aliphatic heterocycles. The summed E-state index contributed by atoms with van der Waals surface area (Å²) in [7, 11) is 1.55. The number of benzene rings is 2. The molecule has 2 aromatic carbocycles. The molecule has 5 heteroatoms. The maximum Gasteiger partial charge on any atom is 0.228 e. The molecular formula is C17H15ClN2O2. The Morgan fingerprint density at radius 3 is 2.91 bits per heavy atom. The van der Waals surface area contributed by atoms with Gasteiger partial charge in [0.15, 0.2) is 0 Å². The first-order chi connectivity index (χ1) is 10.7. The van der Waals surface area contributed by atoms with Gasteiger partial charge in [-0.15, -0.1) is 0 Å². The number of ether oxygens (including phenoxy) is 1. The maximum absolute atomic E-state index is 12.2. The summed E-state index contributed by atoms with van der Waals surface area (Å²) in [5.74, 6) is 0.467. The minimum Gasteiger partial charge on any atom is -0.495 e. The lowest BCUT2D eigenvalue weighted by molar-refractivity contribution is -0.115. The number of hydrogen-bond acceptors (Lipinski definition) is 2. The molecule has 112 valence electrons. The van der Waals surface area contributed by atoms with Crippen molar-refractivity contribution in [1.29, 1.82) is 0 Å². The van der Waals surface area contributed by atoms with Gasteiger partial charge in [0.2, 0.25) is 5.91 Å². The van der Waals surface area contributed by atoms with E-state index in [0.717, 1.165) is 16.5 Å². The van der Waals surface area contributed by atoms with E-state index < -0.39 is 0 Å². The van der Waals surface area contributed by atoms with Crippen molar-refractivity contribution in [2.75, 3.05) is 12.4 Å². The summed E-state index contributed by atoms with van der Waals surface area (Å²) in [5.41, 5.74) is 2.58. The predicted molar refractivity (Wildman–Crippen MR) is 88.6 cm³/mol. The first-order valence-corrected chi connectivity index (χ1v) is 7.23. The van der Waals surface area contributed by atoms with Crippen molar-refractivity contribution in [3.05, 3.63) is 59.2 Å². The molecular weight excluding hydrogens is 300 g/mol. The zero-order valence-corrected chi connectivity index (χ0v) is 12.8. The highest BCUT2D eigenvalue weighted by Gasteiger charge is 2.09. The van der Waals surface area contributed by atoms with E-state index in [1.165, 1.54) is 0 Å².